The fourth-order valence-electron chi connectivity index (χ4n) is 1.66. The third kappa shape index (κ3) is 4.77. The van der Waals surface area contributed by atoms with Gasteiger partial charge in [0.2, 0.25) is 0 Å². The van der Waals surface area contributed by atoms with E-state index >= 15 is 0 Å². The second-order valence-electron chi connectivity index (χ2n) is 4.79. The molecule has 0 radical (unpaired) electrons. The zero-order valence-corrected chi connectivity index (χ0v) is 14.2. The van der Waals surface area contributed by atoms with Crippen molar-refractivity contribution in [1.82, 2.24) is 5.32 Å². The number of ether oxygens (including phenoxy) is 1. The Bertz CT molecular complexity index is 592. The number of benzene rings is 1. The molecule has 5 heteroatoms. The van der Waals surface area contributed by atoms with Crippen molar-refractivity contribution in [1.29, 1.82) is 0 Å². The molecule has 0 unspecified atom stereocenters. The lowest BCUT2D eigenvalue weighted by Gasteiger charge is -2.09. The summed E-state index contributed by atoms with van der Waals surface area (Å²) in [6.45, 7) is 4.28. The van der Waals surface area contributed by atoms with Crippen LogP contribution in [0.2, 0.25) is 0 Å². The van der Waals surface area contributed by atoms with Gasteiger partial charge in [0, 0.05) is 9.61 Å². The quantitative estimate of drug-likeness (QED) is 0.748. The summed E-state index contributed by atoms with van der Waals surface area (Å²) in [6.07, 6.45) is 0.884. The van der Waals surface area contributed by atoms with Crippen LogP contribution in [-0.2, 0) is 6.61 Å². The van der Waals surface area contributed by atoms with E-state index in [1.807, 2.05) is 38.1 Å². The molecule has 2 rings (SSSR count). The Morgan fingerprint density at radius 1 is 1.29 bits per heavy atom. The molecule has 0 bridgehead atoms. The predicted molar refractivity (Wildman–Crippen MR) is 89.4 cm³/mol. The largest absolute Gasteiger partial charge is 0.486 e. The summed E-state index contributed by atoms with van der Waals surface area (Å²) >= 11 is 2.24. The molecule has 112 valence electrons. The van der Waals surface area contributed by atoms with E-state index in [1.165, 1.54) is 0 Å². The Kier molecular flexibility index (Phi) is 5.67. The smallest absolute Gasteiger partial charge is 0.287 e. The summed E-state index contributed by atoms with van der Waals surface area (Å²) in [5.41, 5.74) is 0. The van der Waals surface area contributed by atoms with Crippen molar-refractivity contribution in [2.45, 2.75) is 32.9 Å². The molecule has 0 aliphatic carbocycles. The first-order chi connectivity index (χ1) is 10.1. The Labute approximate surface area is 138 Å². The van der Waals surface area contributed by atoms with Gasteiger partial charge in [-0.15, -0.1) is 0 Å². The number of nitrogens with one attached hydrogen (secondary N) is 1. The number of hydrogen-bond donors (Lipinski definition) is 1. The van der Waals surface area contributed by atoms with Crippen molar-refractivity contribution in [3.63, 3.8) is 0 Å². The maximum Gasteiger partial charge on any atom is 0.287 e. The third-order valence-electron chi connectivity index (χ3n) is 3.07. The lowest BCUT2D eigenvalue weighted by molar-refractivity contribution is 0.0907. The lowest BCUT2D eigenvalue weighted by Crippen LogP contribution is -2.31. The molecule has 1 heterocycles. The van der Waals surface area contributed by atoms with Crippen molar-refractivity contribution < 1.29 is 13.9 Å². The van der Waals surface area contributed by atoms with Gasteiger partial charge in [-0.05, 0) is 72.3 Å². The molecule has 1 amide bonds. The molecule has 1 atom stereocenters. The van der Waals surface area contributed by atoms with Crippen LogP contribution in [0.25, 0.3) is 0 Å². The highest BCUT2D eigenvalue weighted by Crippen LogP contribution is 2.16. The fourth-order valence-corrected chi connectivity index (χ4v) is 2.02. The number of halogens is 1. The normalized spacial score (nSPS) is 12.0. The van der Waals surface area contributed by atoms with Crippen molar-refractivity contribution in [2.75, 3.05) is 0 Å². The van der Waals surface area contributed by atoms with Gasteiger partial charge in [0.05, 0.1) is 0 Å². The van der Waals surface area contributed by atoms with Gasteiger partial charge in [-0.2, -0.15) is 0 Å². The maximum absolute atomic E-state index is 11.9. The van der Waals surface area contributed by atoms with E-state index in [0.717, 1.165) is 15.7 Å². The molecule has 4 nitrogen and oxygen atoms in total. The molecule has 0 spiro atoms. The van der Waals surface area contributed by atoms with Gasteiger partial charge < -0.3 is 14.5 Å². The zero-order valence-electron chi connectivity index (χ0n) is 12.1. The highest BCUT2D eigenvalue weighted by molar-refractivity contribution is 14.1. The highest BCUT2D eigenvalue weighted by Gasteiger charge is 2.13. The Morgan fingerprint density at radius 3 is 2.67 bits per heavy atom. The highest BCUT2D eigenvalue weighted by atomic mass is 127. The van der Waals surface area contributed by atoms with E-state index in [-0.39, 0.29) is 11.9 Å². The number of rotatable bonds is 6. The number of carbonyl (C=O) groups excluding carboxylic acids is 1. The summed E-state index contributed by atoms with van der Waals surface area (Å²) in [5, 5.41) is 2.86. The summed E-state index contributed by atoms with van der Waals surface area (Å²) in [4.78, 5) is 11.9. The molecule has 1 N–H and O–H groups in total. The van der Waals surface area contributed by atoms with Crippen LogP contribution in [0, 0.1) is 3.57 Å². The van der Waals surface area contributed by atoms with Gasteiger partial charge in [0.25, 0.3) is 5.91 Å². The van der Waals surface area contributed by atoms with E-state index in [4.69, 9.17) is 9.15 Å². The molecule has 0 saturated carbocycles. The molecule has 0 aliphatic heterocycles. The SMILES string of the molecule is CC[C@@H](C)NC(=O)c1ccc(COc2ccc(I)cc2)o1. The van der Waals surface area contributed by atoms with Crippen molar-refractivity contribution >= 4 is 28.5 Å². The van der Waals surface area contributed by atoms with Gasteiger partial charge in [-0.1, -0.05) is 6.92 Å². The average molecular weight is 399 g/mol. The number of amides is 1. The maximum atomic E-state index is 11.9. The van der Waals surface area contributed by atoms with Crippen molar-refractivity contribution in [2.24, 2.45) is 0 Å². The van der Waals surface area contributed by atoms with Gasteiger partial charge in [0.1, 0.15) is 18.1 Å². The molecule has 2 aromatic rings. The van der Waals surface area contributed by atoms with Crippen LogP contribution in [0.4, 0.5) is 0 Å². The second kappa shape index (κ2) is 7.49. The number of furan rings is 1. The Morgan fingerprint density at radius 2 is 2.00 bits per heavy atom. The van der Waals surface area contributed by atoms with Crippen LogP contribution in [0.15, 0.2) is 40.8 Å². The minimum Gasteiger partial charge on any atom is -0.486 e. The van der Waals surface area contributed by atoms with Crippen molar-refractivity contribution in [3.05, 3.63) is 51.5 Å². The zero-order chi connectivity index (χ0) is 15.2. The molecule has 0 aliphatic rings. The third-order valence-corrected chi connectivity index (χ3v) is 3.79. The first-order valence-corrected chi connectivity index (χ1v) is 7.94. The van der Waals surface area contributed by atoms with E-state index < -0.39 is 0 Å². The molecule has 0 fully saturated rings. The summed E-state index contributed by atoms with van der Waals surface area (Å²) in [6, 6.07) is 11.3. The van der Waals surface area contributed by atoms with Crippen LogP contribution >= 0.6 is 22.6 Å². The van der Waals surface area contributed by atoms with Crippen LogP contribution < -0.4 is 10.1 Å². The molecule has 0 saturated heterocycles. The number of hydrogen-bond acceptors (Lipinski definition) is 3. The Balaban J connectivity index is 1.91. The first-order valence-electron chi connectivity index (χ1n) is 6.86. The topological polar surface area (TPSA) is 51.5 Å². The van der Waals surface area contributed by atoms with Crippen LogP contribution in [0.5, 0.6) is 5.75 Å². The van der Waals surface area contributed by atoms with Crippen molar-refractivity contribution in [3.8, 4) is 5.75 Å². The minimum atomic E-state index is -0.190. The van der Waals surface area contributed by atoms with Gasteiger partial charge >= 0.3 is 0 Å². The summed E-state index contributed by atoms with van der Waals surface area (Å²) in [5.74, 6) is 1.53. The fraction of sp³-hybridized carbons (Fsp3) is 0.312. The molecular formula is C16H18INO3. The number of carbonyl (C=O) groups is 1. The molecular weight excluding hydrogens is 381 g/mol. The lowest BCUT2D eigenvalue weighted by atomic mass is 10.2. The van der Waals surface area contributed by atoms with E-state index in [0.29, 0.717) is 18.1 Å². The van der Waals surface area contributed by atoms with Gasteiger partial charge in [0.15, 0.2) is 5.76 Å². The molecule has 1 aromatic heterocycles. The minimum absolute atomic E-state index is 0.133. The monoisotopic (exact) mass is 399 g/mol. The van der Waals surface area contributed by atoms with Crippen LogP contribution in [0.3, 0.4) is 0 Å². The standard InChI is InChI=1S/C16H18INO3/c1-3-11(2)18-16(19)15-9-8-14(21-15)10-20-13-6-4-12(17)5-7-13/h4-9,11H,3,10H2,1-2H3,(H,18,19)/t11-/m1/s1. The van der Waals surface area contributed by atoms with Gasteiger partial charge in [-0.3, -0.25) is 4.79 Å². The molecule has 21 heavy (non-hydrogen) atoms. The summed E-state index contributed by atoms with van der Waals surface area (Å²) < 4.78 is 12.3. The van der Waals surface area contributed by atoms with Gasteiger partial charge in [-0.25, -0.2) is 0 Å². The first kappa shape index (κ1) is 15.9. The van der Waals surface area contributed by atoms with E-state index in [9.17, 15) is 4.79 Å². The van der Waals surface area contributed by atoms with E-state index in [1.54, 1.807) is 12.1 Å². The second-order valence-corrected chi connectivity index (χ2v) is 6.04. The van der Waals surface area contributed by atoms with E-state index in [2.05, 4.69) is 27.9 Å². The molecule has 1 aromatic carbocycles. The Hall–Kier alpha value is -1.50. The van der Waals surface area contributed by atoms with Crippen LogP contribution in [-0.4, -0.2) is 11.9 Å². The van der Waals surface area contributed by atoms with Crippen LogP contribution in [0.1, 0.15) is 36.6 Å². The predicted octanol–water partition coefficient (Wildman–Crippen LogP) is 3.99. The average Bonchev–Trinajstić information content (AvgIpc) is 2.95. The summed E-state index contributed by atoms with van der Waals surface area (Å²) in [7, 11) is 0.